The van der Waals surface area contributed by atoms with Crippen LogP contribution in [0.5, 0.6) is 0 Å². The molecule has 0 aromatic heterocycles. The summed E-state index contributed by atoms with van der Waals surface area (Å²) >= 11 is 0. The van der Waals surface area contributed by atoms with Crippen LogP contribution in [0.4, 0.5) is 11.4 Å². The number of hydrogen-bond donors (Lipinski definition) is 2. The van der Waals surface area contributed by atoms with Gasteiger partial charge in [-0.1, -0.05) is 6.07 Å². The largest absolute Gasteiger partial charge is 0.398 e. The standard InChI is InChI=1S/C12H19N3O3S/c1-9-3-4-11(10(2)12(9)13)14-19(16,17)15-5-7-18-8-6-15/h3-4,14H,5-8,13H2,1-2H3. The Morgan fingerprint density at radius 1 is 1.26 bits per heavy atom. The van der Waals surface area contributed by atoms with Crippen molar-refractivity contribution in [3.8, 4) is 0 Å². The molecule has 1 saturated heterocycles. The lowest BCUT2D eigenvalue weighted by atomic mass is 10.1. The van der Waals surface area contributed by atoms with Crippen LogP contribution in [0.15, 0.2) is 12.1 Å². The smallest absolute Gasteiger partial charge is 0.301 e. The molecule has 1 aromatic rings. The molecule has 0 atom stereocenters. The molecule has 1 heterocycles. The summed E-state index contributed by atoms with van der Waals surface area (Å²) in [6, 6.07) is 3.54. The van der Waals surface area contributed by atoms with Gasteiger partial charge in [-0.2, -0.15) is 12.7 Å². The number of nitrogens with two attached hydrogens (primary N) is 1. The summed E-state index contributed by atoms with van der Waals surface area (Å²) in [6.07, 6.45) is 0. The molecule has 3 N–H and O–H groups in total. The Kier molecular flexibility index (Phi) is 3.98. The van der Waals surface area contributed by atoms with Crippen LogP contribution < -0.4 is 10.5 Å². The van der Waals surface area contributed by atoms with E-state index in [-0.39, 0.29) is 0 Å². The zero-order valence-corrected chi connectivity index (χ0v) is 12.0. The average Bonchev–Trinajstić information content (AvgIpc) is 2.40. The number of rotatable bonds is 3. The van der Waals surface area contributed by atoms with Crippen LogP contribution in [0.1, 0.15) is 11.1 Å². The Morgan fingerprint density at radius 3 is 2.53 bits per heavy atom. The van der Waals surface area contributed by atoms with Gasteiger partial charge < -0.3 is 10.5 Å². The normalized spacial score (nSPS) is 17.4. The zero-order valence-electron chi connectivity index (χ0n) is 11.1. The van der Waals surface area contributed by atoms with Crippen molar-refractivity contribution < 1.29 is 13.2 Å². The number of hydrogen-bond acceptors (Lipinski definition) is 4. The van der Waals surface area contributed by atoms with Crippen molar-refractivity contribution in [1.82, 2.24) is 4.31 Å². The maximum Gasteiger partial charge on any atom is 0.301 e. The van der Waals surface area contributed by atoms with Crippen LogP contribution in [0, 0.1) is 13.8 Å². The zero-order chi connectivity index (χ0) is 14.0. The molecule has 2 rings (SSSR count). The van der Waals surface area contributed by atoms with Gasteiger partial charge >= 0.3 is 10.2 Å². The number of nitrogen functional groups attached to an aromatic ring is 1. The molecule has 1 aromatic carbocycles. The lowest BCUT2D eigenvalue weighted by molar-refractivity contribution is 0.0733. The fourth-order valence-corrected chi connectivity index (χ4v) is 3.22. The second-order valence-corrected chi connectivity index (χ2v) is 6.26. The number of benzene rings is 1. The SMILES string of the molecule is Cc1ccc(NS(=O)(=O)N2CCOCC2)c(C)c1N. The Balaban J connectivity index is 2.23. The first-order valence-corrected chi connectivity index (χ1v) is 7.57. The summed E-state index contributed by atoms with van der Waals surface area (Å²) in [5, 5.41) is 0. The van der Waals surface area contributed by atoms with Gasteiger partial charge in [-0.05, 0) is 31.0 Å². The molecule has 7 heteroatoms. The molecule has 0 saturated carbocycles. The van der Waals surface area contributed by atoms with E-state index in [0.717, 1.165) is 11.1 Å². The van der Waals surface area contributed by atoms with Gasteiger partial charge in [0.05, 0.1) is 18.9 Å². The predicted molar refractivity (Wildman–Crippen MR) is 75.3 cm³/mol. The van der Waals surface area contributed by atoms with Gasteiger partial charge in [0.1, 0.15) is 0 Å². The van der Waals surface area contributed by atoms with Crippen molar-refractivity contribution in [3.05, 3.63) is 23.3 Å². The van der Waals surface area contributed by atoms with Crippen molar-refractivity contribution in [1.29, 1.82) is 0 Å². The Morgan fingerprint density at radius 2 is 1.89 bits per heavy atom. The van der Waals surface area contributed by atoms with Crippen LogP contribution in [-0.4, -0.2) is 39.0 Å². The first-order valence-electron chi connectivity index (χ1n) is 6.13. The Bertz CT molecular complexity index is 566. The van der Waals surface area contributed by atoms with Crippen molar-refractivity contribution in [2.75, 3.05) is 36.8 Å². The van der Waals surface area contributed by atoms with Gasteiger partial charge in [-0.3, -0.25) is 4.72 Å². The molecule has 1 fully saturated rings. The minimum absolute atomic E-state index is 0.371. The van der Waals surface area contributed by atoms with E-state index in [9.17, 15) is 8.42 Å². The molecular formula is C12H19N3O3S. The summed E-state index contributed by atoms with van der Waals surface area (Å²) in [4.78, 5) is 0. The van der Waals surface area contributed by atoms with Crippen molar-refractivity contribution in [2.45, 2.75) is 13.8 Å². The summed E-state index contributed by atoms with van der Waals surface area (Å²) in [5.41, 5.74) is 8.73. The number of anilines is 2. The molecule has 0 aliphatic carbocycles. The third-order valence-electron chi connectivity index (χ3n) is 3.28. The van der Waals surface area contributed by atoms with Crippen molar-refractivity contribution in [3.63, 3.8) is 0 Å². The van der Waals surface area contributed by atoms with Gasteiger partial charge in [0, 0.05) is 18.8 Å². The maximum absolute atomic E-state index is 12.2. The van der Waals surface area contributed by atoms with Crippen molar-refractivity contribution >= 4 is 21.6 Å². The summed E-state index contributed by atoms with van der Waals surface area (Å²) in [6.45, 7) is 5.29. The van der Waals surface area contributed by atoms with Crippen LogP contribution in [-0.2, 0) is 14.9 Å². The molecule has 1 aliphatic rings. The van der Waals surface area contributed by atoms with E-state index in [4.69, 9.17) is 10.5 Å². The maximum atomic E-state index is 12.2. The minimum atomic E-state index is -3.54. The molecule has 0 unspecified atom stereocenters. The molecule has 0 amide bonds. The van der Waals surface area contributed by atoms with Crippen LogP contribution in [0.2, 0.25) is 0 Å². The van der Waals surface area contributed by atoms with E-state index in [2.05, 4.69) is 4.72 Å². The fraction of sp³-hybridized carbons (Fsp3) is 0.500. The lowest BCUT2D eigenvalue weighted by Crippen LogP contribution is -2.43. The number of nitrogens with zero attached hydrogens (tertiary/aromatic N) is 1. The van der Waals surface area contributed by atoms with E-state index in [1.165, 1.54) is 4.31 Å². The fourth-order valence-electron chi connectivity index (χ4n) is 1.96. The van der Waals surface area contributed by atoms with E-state index >= 15 is 0 Å². The van der Waals surface area contributed by atoms with E-state index in [1.54, 1.807) is 19.1 Å². The highest BCUT2D eigenvalue weighted by molar-refractivity contribution is 7.90. The molecule has 0 radical (unpaired) electrons. The number of morpholine rings is 1. The van der Waals surface area contributed by atoms with Gasteiger partial charge in [-0.25, -0.2) is 0 Å². The molecule has 6 nitrogen and oxygen atoms in total. The highest BCUT2D eigenvalue weighted by Gasteiger charge is 2.24. The highest BCUT2D eigenvalue weighted by Crippen LogP contribution is 2.25. The van der Waals surface area contributed by atoms with Gasteiger partial charge in [0.15, 0.2) is 0 Å². The molecule has 0 spiro atoms. The van der Waals surface area contributed by atoms with Crippen LogP contribution in [0.25, 0.3) is 0 Å². The van der Waals surface area contributed by atoms with Crippen LogP contribution in [0.3, 0.4) is 0 Å². The third kappa shape index (κ3) is 2.99. The highest BCUT2D eigenvalue weighted by atomic mass is 32.2. The second-order valence-electron chi connectivity index (χ2n) is 4.59. The lowest BCUT2D eigenvalue weighted by Gasteiger charge is -2.27. The monoisotopic (exact) mass is 285 g/mol. The van der Waals surface area contributed by atoms with Crippen LogP contribution >= 0.6 is 0 Å². The first-order chi connectivity index (χ1) is 8.92. The predicted octanol–water partition coefficient (Wildman–Crippen LogP) is 0.875. The summed E-state index contributed by atoms with van der Waals surface area (Å²) in [5.74, 6) is 0. The number of nitrogens with one attached hydrogen (secondary N) is 1. The first kappa shape index (κ1) is 14.1. The van der Waals surface area contributed by atoms with Gasteiger partial charge in [-0.15, -0.1) is 0 Å². The molecule has 19 heavy (non-hydrogen) atoms. The minimum Gasteiger partial charge on any atom is -0.398 e. The van der Waals surface area contributed by atoms with Crippen molar-refractivity contribution in [2.24, 2.45) is 0 Å². The van der Waals surface area contributed by atoms with E-state index < -0.39 is 10.2 Å². The van der Waals surface area contributed by atoms with Gasteiger partial charge in [0.2, 0.25) is 0 Å². The van der Waals surface area contributed by atoms with Gasteiger partial charge in [0.25, 0.3) is 0 Å². The molecular weight excluding hydrogens is 266 g/mol. The number of aryl methyl sites for hydroxylation is 1. The Hall–Kier alpha value is -1.31. The summed E-state index contributed by atoms with van der Waals surface area (Å²) < 4.78 is 33.6. The number of ether oxygens (including phenoxy) is 1. The van der Waals surface area contributed by atoms with E-state index in [0.29, 0.717) is 37.7 Å². The topological polar surface area (TPSA) is 84.7 Å². The molecule has 106 valence electrons. The third-order valence-corrected chi connectivity index (χ3v) is 4.80. The molecule has 0 bridgehead atoms. The molecule has 1 aliphatic heterocycles. The Labute approximate surface area is 113 Å². The second kappa shape index (κ2) is 5.36. The summed E-state index contributed by atoms with van der Waals surface area (Å²) in [7, 11) is -3.54. The van der Waals surface area contributed by atoms with E-state index in [1.807, 2.05) is 6.92 Å². The average molecular weight is 285 g/mol. The quantitative estimate of drug-likeness (QED) is 0.807.